The van der Waals surface area contributed by atoms with E-state index in [0.717, 1.165) is 0 Å². The van der Waals surface area contributed by atoms with Gasteiger partial charge in [-0.1, -0.05) is 18.2 Å². The van der Waals surface area contributed by atoms with Gasteiger partial charge in [0.25, 0.3) is 5.91 Å². The predicted octanol–water partition coefficient (Wildman–Crippen LogP) is 0.608. The minimum atomic E-state index is -1.65. The number of amides is 1. The number of nitrogens with zero attached hydrogens (tertiary/aromatic N) is 2. The first-order chi connectivity index (χ1) is 8.14. The second-order valence-corrected chi connectivity index (χ2v) is 4.05. The Hall–Kier alpha value is -2.14. The number of carbonyl (C=O) groups excluding carboxylic acids is 1. The van der Waals surface area contributed by atoms with Gasteiger partial charge in [0.15, 0.2) is 0 Å². The largest absolute Gasteiger partial charge is 0.371 e. The van der Waals surface area contributed by atoms with E-state index in [4.69, 9.17) is 0 Å². The van der Waals surface area contributed by atoms with Gasteiger partial charge in [-0.25, -0.2) is 0 Å². The summed E-state index contributed by atoms with van der Waals surface area (Å²) in [5.74, 6) is -0.442. The molecule has 1 aliphatic heterocycles. The van der Waals surface area contributed by atoms with Crippen molar-refractivity contribution in [2.75, 3.05) is 5.32 Å². The Balaban J connectivity index is 2.27. The number of para-hydroxylation sites is 1. The van der Waals surface area contributed by atoms with Gasteiger partial charge in [-0.15, -0.1) is 0 Å². The van der Waals surface area contributed by atoms with E-state index in [2.05, 4.69) is 10.4 Å². The monoisotopic (exact) mass is 229 g/mol. The molecule has 2 heterocycles. The van der Waals surface area contributed by atoms with Crippen LogP contribution in [0.3, 0.4) is 0 Å². The quantitative estimate of drug-likeness (QED) is 0.752. The highest BCUT2D eigenvalue weighted by molar-refractivity contribution is 6.06. The highest BCUT2D eigenvalue weighted by atomic mass is 16.3. The fourth-order valence-electron chi connectivity index (χ4n) is 2.23. The maximum absolute atomic E-state index is 12.0. The molecule has 0 saturated carbocycles. The first kappa shape index (κ1) is 10.0. The lowest BCUT2D eigenvalue weighted by Gasteiger charge is -2.20. The second kappa shape index (κ2) is 3.18. The van der Waals surface area contributed by atoms with Crippen molar-refractivity contribution >= 4 is 11.6 Å². The number of hydrogen-bond donors (Lipinski definition) is 2. The van der Waals surface area contributed by atoms with Crippen LogP contribution in [-0.2, 0) is 17.4 Å². The maximum Gasteiger partial charge on any atom is 0.267 e. The van der Waals surface area contributed by atoms with Crippen molar-refractivity contribution in [3.8, 4) is 0 Å². The van der Waals surface area contributed by atoms with Gasteiger partial charge in [0, 0.05) is 24.5 Å². The van der Waals surface area contributed by atoms with Crippen LogP contribution in [0.1, 0.15) is 11.3 Å². The fourth-order valence-corrected chi connectivity index (χ4v) is 2.23. The summed E-state index contributed by atoms with van der Waals surface area (Å²) in [6.07, 6.45) is 1.56. The van der Waals surface area contributed by atoms with Crippen molar-refractivity contribution in [2.45, 2.75) is 5.60 Å². The molecule has 1 aliphatic rings. The van der Waals surface area contributed by atoms with Crippen molar-refractivity contribution in [3.63, 3.8) is 0 Å². The van der Waals surface area contributed by atoms with E-state index in [-0.39, 0.29) is 0 Å². The average Bonchev–Trinajstić information content (AvgIpc) is 2.84. The minimum Gasteiger partial charge on any atom is -0.371 e. The van der Waals surface area contributed by atoms with E-state index in [1.54, 1.807) is 37.5 Å². The minimum absolute atomic E-state index is 0.442. The molecular formula is C12H11N3O2. The molecule has 2 aromatic rings. The third-order valence-corrected chi connectivity index (χ3v) is 3.09. The van der Waals surface area contributed by atoms with E-state index in [0.29, 0.717) is 16.9 Å². The van der Waals surface area contributed by atoms with Crippen molar-refractivity contribution in [1.29, 1.82) is 0 Å². The van der Waals surface area contributed by atoms with E-state index in [1.807, 2.05) is 6.07 Å². The highest BCUT2D eigenvalue weighted by Crippen LogP contribution is 2.40. The van der Waals surface area contributed by atoms with Crippen molar-refractivity contribution in [1.82, 2.24) is 9.78 Å². The summed E-state index contributed by atoms with van der Waals surface area (Å²) in [4.78, 5) is 12.0. The zero-order valence-corrected chi connectivity index (χ0v) is 9.21. The molecule has 2 N–H and O–H groups in total. The smallest absolute Gasteiger partial charge is 0.267 e. The molecule has 1 unspecified atom stereocenters. The molecule has 5 heteroatoms. The summed E-state index contributed by atoms with van der Waals surface area (Å²) in [7, 11) is 1.70. The number of aryl methyl sites for hydroxylation is 1. The number of hydrogen-bond acceptors (Lipinski definition) is 3. The number of rotatable bonds is 1. The van der Waals surface area contributed by atoms with Crippen LogP contribution in [0.15, 0.2) is 36.5 Å². The lowest BCUT2D eigenvalue weighted by molar-refractivity contribution is -0.130. The molecule has 3 rings (SSSR count). The second-order valence-electron chi connectivity index (χ2n) is 4.05. The van der Waals surface area contributed by atoms with E-state index < -0.39 is 11.5 Å². The molecule has 1 aromatic carbocycles. The number of nitrogens with one attached hydrogen (secondary N) is 1. The van der Waals surface area contributed by atoms with Gasteiger partial charge < -0.3 is 10.4 Å². The van der Waals surface area contributed by atoms with Crippen LogP contribution in [-0.4, -0.2) is 20.8 Å². The highest BCUT2D eigenvalue weighted by Gasteiger charge is 2.48. The van der Waals surface area contributed by atoms with Crippen LogP contribution in [0.25, 0.3) is 0 Å². The standard InChI is InChI=1S/C12H11N3O2/c1-15-10(6-7-13-15)12(17)8-4-2-3-5-9(8)14-11(12)16/h2-7,17H,1H3,(H,14,16). The van der Waals surface area contributed by atoms with Crippen LogP contribution in [0.2, 0.25) is 0 Å². The van der Waals surface area contributed by atoms with Gasteiger partial charge in [0.2, 0.25) is 5.60 Å². The molecule has 0 bridgehead atoms. The molecule has 0 spiro atoms. The molecule has 1 amide bonds. The summed E-state index contributed by atoms with van der Waals surface area (Å²) >= 11 is 0. The van der Waals surface area contributed by atoms with Crippen LogP contribution in [0, 0.1) is 0 Å². The lowest BCUT2D eigenvalue weighted by Crippen LogP contribution is -2.37. The number of fused-ring (bicyclic) bond motifs is 1. The summed E-state index contributed by atoms with van der Waals surface area (Å²) in [5.41, 5.74) is 0.0109. The summed E-state index contributed by atoms with van der Waals surface area (Å²) in [5, 5.41) is 17.3. The SMILES string of the molecule is Cn1nccc1C1(O)C(=O)Nc2ccccc21. The summed E-state index contributed by atoms with van der Waals surface area (Å²) < 4.78 is 1.50. The number of aromatic nitrogens is 2. The zero-order valence-electron chi connectivity index (χ0n) is 9.21. The summed E-state index contributed by atoms with van der Waals surface area (Å²) in [6.45, 7) is 0. The van der Waals surface area contributed by atoms with Gasteiger partial charge in [-0.3, -0.25) is 9.48 Å². The molecule has 17 heavy (non-hydrogen) atoms. The molecule has 0 radical (unpaired) electrons. The molecular weight excluding hydrogens is 218 g/mol. The van der Waals surface area contributed by atoms with Crippen LogP contribution >= 0.6 is 0 Å². The van der Waals surface area contributed by atoms with Gasteiger partial charge in [-0.2, -0.15) is 5.10 Å². The van der Waals surface area contributed by atoms with Gasteiger partial charge in [0.05, 0.1) is 5.69 Å². The molecule has 0 saturated heterocycles. The van der Waals surface area contributed by atoms with Crippen LogP contribution in [0.4, 0.5) is 5.69 Å². The van der Waals surface area contributed by atoms with Crippen LogP contribution in [0.5, 0.6) is 0 Å². The van der Waals surface area contributed by atoms with E-state index in [1.165, 1.54) is 4.68 Å². The Morgan fingerprint density at radius 1 is 1.35 bits per heavy atom. The van der Waals surface area contributed by atoms with Gasteiger partial charge in [-0.05, 0) is 12.1 Å². The normalized spacial score (nSPS) is 22.4. The Morgan fingerprint density at radius 2 is 2.12 bits per heavy atom. The Bertz CT molecular complexity index is 605. The first-order valence-corrected chi connectivity index (χ1v) is 5.26. The third kappa shape index (κ3) is 1.17. The maximum atomic E-state index is 12.0. The zero-order chi connectivity index (χ0) is 12.0. The molecule has 1 aromatic heterocycles. The third-order valence-electron chi connectivity index (χ3n) is 3.09. The first-order valence-electron chi connectivity index (χ1n) is 5.26. The van der Waals surface area contributed by atoms with Gasteiger partial charge in [0.1, 0.15) is 0 Å². The topological polar surface area (TPSA) is 67.1 Å². The molecule has 5 nitrogen and oxygen atoms in total. The van der Waals surface area contributed by atoms with Crippen molar-refractivity contribution in [3.05, 3.63) is 47.8 Å². The number of aliphatic hydroxyl groups is 1. The number of anilines is 1. The Labute approximate surface area is 97.7 Å². The Kier molecular flexibility index (Phi) is 1.88. The van der Waals surface area contributed by atoms with E-state index in [9.17, 15) is 9.90 Å². The number of carbonyl (C=O) groups is 1. The fraction of sp³-hybridized carbons (Fsp3) is 0.167. The summed E-state index contributed by atoms with van der Waals surface area (Å²) in [6, 6.07) is 8.75. The van der Waals surface area contributed by atoms with Gasteiger partial charge >= 0.3 is 0 Å². The molecule has 86 valence electrons. The van der Waals surface area contributed by atoms with Crippen LogP contribution < -0.4 is 5.32 Å². The molecule has 1 atom stereocenters. The molecule has 0 fully saturated rings. The van der Waals surface area contributed by atoms with Crippen molar-refractivity contribution in [2.24, 2.45) is 7.05 Å². The average molecular weight is 229 g/mol. The Morgan fingerprint density at radius 3 is 2.82 bits per heavy atom. The number of benzene rings is 1. The van der Waals surface area contributed by atoms with Crippen molar-refractivity contribution < 1.29 is 9.90 Å². The van der Waals surface area contributed by atoms with E-state index >= 15 is 0 Å². The lowest BCUT2D eigenvalue weighted by atomic mass is 9.92. The predicted molar refractivity (Wildman–Crippen MR) is 61.3 cm³/mol. The molecule has 0 aliphatic carbocycles.